The third kappa shape index (κ3) is 3.52. The zero-order valence-electron chi connectivity index (χ0n) is 9.76. The summed E-state index contributed by atoms with van der Waals surface area (Å²) in [6, 6.07) is 4.98. The average Bonchev–Trinajstić information content (AvgIpc) is 2.31. The van der Waals surface area contributed by atoms with E-state index in [4.69, 9.17) is 23.2 Å². The third-order valence-electron chi connectivity index (χ3n) is 2.45. The maximum Gasteiger partial charge on any atom is 0.433 e. The molecular weight excluding hydrogens is 316 g/mol. The maximum atomic E-state index is 12.6. The topological polar surface area (TPSA) is 45.8 Å². The van der Waals surface area contributed by atoms with Crippen LogP contribution >= 0.6 is 23.2 Å². The normalized spacial score (nSPS) is 11.7. The summed E-state index contributed by atoms with van der Waals surface area (Å²) in [5.41, 5.74) is -1.59. The van der Waals surface area contributed by atoms with Gasteiger partial charge in [0.15, 0.2) is 5.69 Å². The largest absolute Gasteiger partial charge is 0.433 e. The van der Waals surface area contributed by atoms with E-state index >= 15 is 0 Å². The smallest absolute Gasteiger partial charge is 0.310 e. The van der Waals surface area contributed by atoms with Crippen molar-refractivity contribution in [3.8, 4) is 0 Å². The van der Waals surface area contributed by atoms with E-state index in [2.05, 4.69) is 9.97 Å². The predicted octanol–water partition coefficient (Wildman–Crippen LogP) is 3.69. The Morgan fingerprint density at radius 3 is 2.50 bits per heavy atom. The standard InChI is InChI=1S/C12H7Cl2F3N2O/c13-7-2-1-6(8(14)4-7)3-10-18-9(12(15,16)17)5-11(20)19-10/h1-2,4-5H,3H2,(H,18,19,20). The number of hydrogen-bond donors (Lipinski definition) is 1. The molecule has 0 aliphatic rings. The fourth-order valence-corrected chi connectivity index (χ4v) is 2.06. The lowest BCUT2D eigenvalue weighted by atomic mass is 10.1. The summed E-state index contributed by atoms with van der Waals surface area (Å²) >= 11 is 11.6. The summed E-state index contributed by atoms with van der Waals surface area (Å²) in [7, 11) is 0. The highest BCUT2D eigenvalue weighted by Crippen LogP contribution is 2.27. The molecule has 0 spiro atoms. The molecule has 0 fully saturated rings. The van der Waals surface area contributed by atoms with Crippen molar-refractivity contribution in [1.29, 1.82) is 0 Å². The Balaban J connectivity index is 2.39. The monoisotopic (exact) mass is 322 g/mol. The molecule has 2 rings (SSSR count). The number of aromatic nitrogens is 2. The van der Waals surface area contributed by atoms with Crippen LogP contribution in [0, 0.1) is 0 Å². The molecule has 0 unspecified atom stereocenters. The third-order valence-corrected chi connectivity index (χ3v) is 3.04. The Hall–Kier alpha value is -1.53. The lowest BCUT2D eigenvalue weighted by Gasteiger charge is -2.08. The predicted molar refractivity (Wildman–Crippen MR) is 69.1 cm³/mol. The zero-order chi connectivity index (χ0) is 14.9. The second-order valence-electron chi connectivity index (χ2n) is 3.99. The van der Waals surface area contributed by atoms with Gasteiger partial charge in [0.2, 0.25) is 0 Å². The van der Waals surface area contributed by atoms with Crippen LogP contribution in [0.15, 0.2) is 29.1 Å². The first kappa shape index (κ1) is 14.9. The number of benzene rings is 1. The molecule has 1 aromatic carbocycles. The van der Waals surface area contributed by atoms with Crippen molar-refractivity contribution in [2.75, 3.05) is 0 Å². The molecule has 1 aromatic heterocycles. The molecule has 0 bridgehead atoms. The van der Waals surface area contributed by atoms with Crippen LogP contribution in [0.3, 0.4) is 0 Å². The summed E-state index contributed by atoms with van der Waals surface area (Å²) in [5.74, 6) is -0.117. The number of alkyl halides is 3. The Morgan fingerprint density at radius 2 is 1.90 bits per heavy atom. The van der Waals surface area contributed by atoms with E-state index in [1.807, 2.05) is 0 Å². The molecule has 0 aliphatic carbocycles. The maximum absolute atomic E-state index is 12.6. The summed E-state index contributed by atoms with van der Waals surface area (Å²) in [4.78, 5) is 16.9. The molecular formula is C12H7Cl2F3N2O. The van der Waals surface area contributed by atoms with Gasteiger partial charge in [0.25, 0.3) is 5.56 Å². The van der Waals surface area contributed by atoms with Gasteiger partial charge in [-0.15, -0.1) is 0 Å². The Bertz CT molecular complexity index is 698. The molecule has 0 aliphatic heterocycles. The van der Waals surface area contributed by atoms with Crippen molar-refractivity contribution >= 4 is 23.2 Å². The van der Waals surface area contributed by atoms with E-state index in [0.29, 0.717) is 16.7 Å². The van der Waals surface area contributed by atoms with Gasteiger partial charge in [-0.25, -0.2) is 4.98 Å². The molecule has 0 atom stereocenters. The van der Waals surface area contributed by atoms with Crippen LogP contribution in [0.25, 0.3) is 0 Å². The minimum Gasteiger partial charge on any atom is -0.310 e. The molecule has 1 heterocycles. The molecule has 0 saturated heterocycles. The van der Waals surface area contributed by atoms with Gasteiger partial charge >= 0.3 is 6.18 Å². The van der Waals surface area contributed by atoms with E-state index < -0.39 is 17.4 Å². The summed E-state index contributed by atoms with van der Waals surface area (Å²) < 4.78 is 37.7. The Morgan fingerprint density at radius 1 is 1.20 bits per heavy atom. The zero-order valence-corrected chi connectivity index (χ0v) is 11.3. The number of halogens is 5. The minimum absolute atomic E-state index is 0.0326. The Labute approximate surface area is 121 Å². The first-order chi connectivity index (χ1) is 9.25. The summed E-state index contributed by atoms with van der Waals surface area (Å²) in [5, 5.41) is 0.696. The van der Waals surface area contributed by atoms with E-state index in [-0.39, 0.29) is 17.3 Å². The van der Waals surface area contributed by atoms with Crippen LogP contribution in [-0.2, 0) is 12.6 Å². The van der Waals surface area contributed by atoms with E-state index in [9.17, 15) is 18.0 Å². The number of hydrogen-bond acceptors (Lipinski definition) is 2. The van der Waals surface area contributed by atoms with Gasteiger partial charge in [0.05, 0.1) is 0 Å². The van der Waals surface area contributed by atoms with Gasteiger partial charge in [-0.2, -0.15) is 13.2 Å². The van der Waals surface area contributed by atoms with Crippen molar-refractivity contribution in [1.82, 2.24) is 9.97 Å². The van der Waals surface area contributed by atoms with Crippen LogP contribution in [0.5, 0.6) is 0 Å². The first-order valence-electron chi connectivity index (χ1n) is 5.37. The lowest BCUT2D eigenvalue weighted by molar-refractivity contribution is -0.141. The lowest BCUT2D eigenvalue weighted by Crippen LogP contribution is -2.18. The van der Waals surface area contributed by atoms with Gasteiger partial charge < -0.3 is 4.98 Å². The van der Waals surface area contributed by atoms with E-state index in [1.54, 1.807) is 12.1 Å². The highest BCUT2D eigenvalue weighted by molar-refractivity contribution is 6.35. The molecule has 0 saturated carbocycles. The van der Waals surface area contributed by atoms with Gasteiger partial charge in [-0.3, -0.25) is 4.79 Å². The first-order valence-corrected chi connectivity index (χ1v) is 6.12. The second kappa shape index (κ2) is 5.46. The second-order valence-corrected chi connectivity index (χ2v) is 4.83. The minimum atomic E-state index is -4.67. The number of H-pyrrole nitrogens is 1. The van der Waals surface area contributed by atoms with Gasteiger partial charge in [0.1, 0.15) is 5.82 Å². The quantitative estimate of drug-likeness (QED) is 0.916. The number of nitrogens with one attached hydrogen (secondary N) is 1. The van der Waals surface area contributed by atoms with Gasteiger partial charge in [-0.05, 0) is 17.7 Å². The highest BCUT2D eigenvalue weighted by Gasteiger charge is 2.33. The van der Waals surface area contributed by atoms with Crippen LogP contribution in [0.4, 0.5) is 13.2 Å². The van der Waals surface area contributed by atoms with Crippen LogP contribution in [0.1, 0.15) is 17.1 Å². The SMILES string of the molecule is O=c1cc(C(F)(F)F)nc(Cc2ccc(Cl)cc2Cl)[nH]1. The number of rotatable bonds is 2. The molecule has 2 aromatic rings. The fourth-order valence-electron chi connectivity index (χ4n) is 1.58. The van der Waals surface area contributed by atoms with Crippen LogP contribution in [0.2, 0.25) is 10.0 Å². The molecule has 20 heavy (non-hydrogen) atoms. The number of aromatic amines is 1. The molecule has 3 nitrogen and oxygen atoms in total. The summed E-state index contributed by atoms with van der Waals surface area (Å²) in [6.07, 6.45) is -4.71. The highest BCUT2D eigenvalue weighted by atomic mass is 35.5. The summed E-state index contributed by atoms with van der Waals surface area (Å²) in [6.45, 7) is 0. The van der Waals surface area contributed by atoms with Crippen LogP contribution in [-0.4, -0.2) is 9.97 Å². The van der Waals surface area contributed by atoms with Crippen LogP contribution < -0.4 is 5.56 Å². The number of nitrogens with zero attached hydrogens (tertiary/aromatic N) is 1. The molecule has 106 valence electrons. The van der Waals surface area contributed by atoms with Gasteiger partial charge in [-0.1, -0.05) is 29.3 Å². The molecule has 0 amide bonds. The van der Waals surface area contributed by atoms with Crippen molar-refractivity contribution < 1.29 is 13.2 Å². The van der Waals surface area contributed by atoms with Crippen molar-refractivity contribution in [3.05, 3.63) is 61.7 Å². The van der Waals surface area contributed by atoms with Crippen molar-refractivity contribution in [3.63, 3.8) is 0 Å². The molecule has 1 N–H and O–H groups in total. The Kier molecular flexibility index (Phi) is 4.06. The van der Waals surface area contributed by atoms with E-state index in [1.165, 1.54) is 6.07 Å². The molecule has 8 heteroatoms. The van der Waals surface area contributed by atoms with Gasteiger partial charge in [0, 0.05) is 22.5 Å². The van der Waals surface area contributed by atoms with Crippen molar-refractivity contribution in [2.45, 2.75) is 12.6 Å². The molecule has 0 radical (unpaired) electrons. The fraction of sp³-hybridized carbons (Fsp3) is 0.167. The van der Waals surface area contributed by atoms with E-state index in [0.717, 1.165) is 0 Å². The van der Waals surface area contributed by atoms with Crippen molar-refractivity contribution in [2.24, 2.45) is 0 Å². The average molecular weight is 323 g/mol.